The van der Waals surface area contributed by atoms with Crippen LogP contribution in [0.5, 0.6) is 17.2 Å². The zero-order chi connectivity index (χ0) is 17.0. The van der Waals surface area contributed by atoms with Crippen molar-refractivity contribution in [2.45, 2.75) is 20.3 Å². The van der Waals surface area contributed by atoms with Gasteiger partial charge in [-0.2, -0.15) is 0 Å². The number of nitrogens with zero attached hydrogens (tertiary/aromatic N) is 1. The number of ether oxygens (including phenoxy) is 3. The van der Waals surface area contributed by atoms with Gasteiger partial charge in [-0.05, 0) is 13.3 Å². The fraction of sp³-hybridized carbons (Fsp3) is 0.375. The highest BCUT2D eigenvalue weighted by molar-refractivity contribution is 6.06. The molecule has 1 amide bonds. The summed E-state index contributed by atoms with van der Waals surface area (Å²) in [5, 5.41) is 6.69. The lowest BCUT2D eigenvalue weighted by molar-refractivity contribution is 0.102. The molecule has 0 spiro atoms. The Kier molecular flexibility index (Phi) is 5.10. The second kappa shape index (κ2) is 7.04. The van der Waals surface area contributed by atoms with Crippen LogP contribution in [-0.4, -0.2) is 32.4 Å². The fourth-order valence-electron chi connectivity index (χ4n) is 2.30. The van der Waals surface area contributed by atoms with Crippen LogP contribution < -0.4 is 19.5 Å². The molecule has 0 aliphatic heterocycles. The van der Waals surface area contributed by atoms with Crippen LogP contribution in [0, 0.1) is 6.92 Å². The lowest BCUT2D eigenvalue weighted by atomic mass is 10.1. The fourth-order valence-corrected chi connectivity index (χ4v) is 2.30. The third-order valence-electron chi connectivity index (χ3n) is 3.42. The molecule has 0 aliphatic carbocycles. The van der Waals surface area contributed by atoms with Crippen LogP contribution in [0.25, 0.3) is 0 Å². The number of anilines is 1. The molecule has 23 heavy (non-hydrogen) atoms. The van der Waals surface area contributed by atoms with E-state index >= 15 is 0 Å². The molecule has 2 rings (SSSR count). The van der Waals surface area contributed by atoms with Gasteiger partial charge in [-0.25, -0.2) is 0 Å². The molecule has 0 unspecified atom stereocenters. The number of methoxy groups -OCH3 is 3. The van der Waals surface area contributed by atoms with E-state index in [4.69, 9.17) is 18.7 Å². The van der Waals surface area contributed by atoms with Crippen LogP contribution in [0.4, 0.5) is 5.69 Å². The Balaban J connectivity index is 2.36. The minimum absolute atomic E-state index is 0.296. The van der Waals surface area contributed by atoms with E-state index in [9.17, 15) is 4.79 Å². The third-order valence-corrected chi connectivity index (χ3v) is 3.42. The van der Waals surface area contributed by atoms with Crippen molar-refractivity contribution in [1.82, 2.24) is 5.16 Å². The predicted octanol–water partition coefficient (Wildman–Crippen LogP) is 2.82. The Labute approximate surface area is 134 Å². The largest absolute Gasteiger partial charge is 0.493 e. The van der Waals surface area contributed by atoms with Crippen molar-refractivity contribution >= 4 is 11.6 Å². The first kappa shape index (κ1) is 16.7. The summed E-state index contributed by atoms with van der Waals surface area (Å²) in [5.41, 5.74) is 1.58. The molecule has 2 aromatic rings. The van der Waals surface area contributed by atoms with Crippen molar-refractivity contribution in [3.8, 4) is 17.2 Å². The number of benzene rings is 1. The Morgan fingerprint density at radius 3 is 2.26 bits per heavy atom. The zero-order valence-corrected chi connectivity index (χ0v) is 13.9. The van der Waals surface area contributed by atoms with Crippen molar-refractivity contribution < 1.29 is 23.5 Å². The lowest BCUT2D eigenvalue weighted by Crippen LogP contribution is -2.14. The molecule has 0 saturated heterocycles. The van der Waals surface area contributed by atoms with E-state index in [1.54, 1.807) is 19.1 Å². The first-order chi connectivity index (χ1) is 11.0. The van der Waals surface area contributed by atoms with Gasteiger partial charge in [0.1, 0.15) is 11.3 Å². The SMILES string of the molecule is CCc1noc(C)c1C(=O)Nc1cc(OC)c(OC)c(OC)c1. The third kappa shape index (κ3) is 3.23. The average Bonchev–Trinajstić information content (AvgIpc) is 2.94. The molecule has 124 valence electrons. The average molecular weight is 320 g/mol. The van der Waals surface area contributed by atoms with Gasteiger partial charge in [0.15, 0.2) is 11.5 Å². The number of hydrogen-bond donors (Lipinski definition) is 1. The van der Waals surface area contributed by atoms with Gasteiger partial charge in [-0.1, -0.05) is 12.1 Å². The Morgan fingerprint density at radius 2 is 1.78 bits per heavy atom. The summed E-state index contributed by atoms with van der Waals surface area (Å²) < 4.78 is 20.9. The number of amides is 1. The van der Waals surface area contributed by atoms with Crippen LogP contribution >= 0.6 is 0 Å². The highest BCUT2D eigenvalue weighted by Gasteiger charge is 2.21. The minimum atomic E-state index is -0.296. The van der Waals surface area contributed by atoms with Crippen molar-refractivity contribution in [3.63, 3.8) is 0 Å². The van der Waals surface area contributed by atoms with Crippen molar-refractivity contribution in [1.29, 1.82) is 0 Å². The van der Waals surface area contributed by atoms with Gasteiger partial charge in [0.25, 0.3) is 5.91 Å². The van der Waals surface area contributed by atoms with E-state index in [-0.39, 0.29) is 5.91 Å². The number of carbonyl (C=O) groups is 1. The van der Waals surface area contributed by atoms with Crippen molar-refractivity contribution in [2.75, 3.05) is 26.6 Å². The highest BCUT2D eigenvalue weighted by Crippen LogP contribution is 2.40. The van der Waals surface area contributed by atoms with Gasteiger partial charge in [0.05, 0.1) is 27.0 Å². The summed E-state index contributed by atoms with van der Waals surface area (Å²) in [6, 6.07) is 3.32. The van der Waals surface area contributed by atoms with Crippen LogP contribution in [0.2, 0.25) is 0 Å². The number of nitrogens with one attached hydrogen (secondary N) is 1. The predicted molar refractivity (Wildman–Crippen MR) is 84.7 cm³/mol. The molecule has 0 fully saturated rings. The van der Waals surface area contributed by atoms with E-state index in [0.717, 1.165) is 0 Å². The molecular weight excluding hydrogens is 300 g/mol. The van der Waals surface area contributed by atoms with Crippen molar-refractivity contribution in [3.05, 3.63) is 29.2 Å². The maximum atomic E-state index is 12.5. The topological polar surface area (TPSA) is 82.8 Å². The summed E-state index contributed by atoms with van der Waals surface area (Å²) in [5.74, 6) is 1.56. The Morgan fingerprint density at radius 1 is 1.17 bits per heavy atom. The second-order valence-electron chi connectivity index (χ2n) is 4.78. The molecule has 0 bridgehead atoms. The van der Waals surface area contributed by atoms with Gasteiger partial charge < -0.3 is 24.1 Å². The monoisotopic (exact) mass is 320 g/mol. The standard InChI is InChI=1S/C16H20N2O5/c1-6-11-14(9(2)23-18-11)16(19)17-10-7-12(20-3)15(22-5)13(8-10)21-4/h7-8H,6H2,1-5H3,(H,17,19). The van der Waals surface area contributed by atoms with E-state index in [1.807, 2.05) is 6.92 Å². The maximum absolute atomic E-state index is 12.5. The molecule has 0 radical (unpaired) electrons. The quantitative estimate of drug-likeness (QED) is 0.881. The molecule has 0 aliphatic rings. The number of hydrogen-bond acceptors (Lipinski definition) is 6. The molecule has 1 heterocycles. The van der Waals surface area contributed by atoms with Gasteiger partial charge in [-0.3, -0.25) is 4.79 Å². The first-order valence-corrected chi connectivity index (χ1v) is 7.12. The van der Waals surface area contributed by atoms with Gasteiger partial charge in [-0.15, -0.1) is 0 Å². The molecule has 7 heteroatoms. The second-order valence-corrected chi connectivity index (χ2v) is 4.78. The molecule has 0 atom stereocenters. The van der Waals surface area contributed by atoms with E-state index in [0.29, 0.717) is 46.4 Å². The van der Waals surface area contributed by atoms with Crippen LogP contribution in [0.1, 0.15) is 28.7 Å². The first-order valence-electron chi connectivity index (χ1n) is 7.12. The minimum Gasteiger partial charge on any atom is -0.493 e. The Bertz CT molecular complexity index is 683. The molecular formula is C16H20N2O5. The molecule has 1 aromatic carbocycles. The van der Waals surface area contributed by atoms with Crippen LogP contribution in [-0.2, 0) is 6.42 Å². The summed E-state index contributed by atoms with van der Waals surface area (Å²) in [6.07, 6.45) is 0.606. The summed E-state index contributed by atoms with van der Waals surface area (Å²) >= 11 is 0. The Hall–Kier alpha value is -2.70. The number of carbonyl (C=O) groups excluding carboxylic acids is 1. The van der Waals surface area contributed by atoms with Crippen LogP contribution in [0.15, 0.2) is 16.7 Å². The van der Waals surface area contributed by atoms with Gasteiger partial charge in [0.2, 0.25) is 5.75 Å². The van der Waals surface area contributed by atoms with E-state index in [1.165, 1.54) is 21.3 Å². The van der Waals surface area contributed by atoms with E-state index < -0.39 is 0 Å². The van der Waals surface area contributed by atoms with Gasteiger partial charge in [0, 0.05) is 17.8 Å². The molecule has 0 saturated carbocycles. The molecule has 1 N–H and O–H groups in total. The summed E-state index contributed by atoms with van der Waals surface area (Å²) in [4.78, 5) is 12.5. The normalized spacial score (nSPS) is 10.3. The number of aryl methyl sites for hydroxylation is 2. The van der Waals surface area contributed by atoms with E-state index in [2.05, 4.69) is 10.5 Å². The lowest BCUT2D eigenvalue weighted by Gasteiger charge is -2.14. The van der Waals surface area contributed by atoms with Gasteiger partial charge >= 0.3 is 0 Å². The summed E-state index contributed by atoms with van der Waals surface area (Å²) in [6.45, 7) is 3.61. The molecule has 7 nitrogen and oxygen atoms in total. The summed E-state index contributed by atoms with van der Waals surface area (Å²) in [7, 11) is 4.55. The van der Waals surface area contributed by atoms with Crippen molar-refractivity contribution in [2.24, 2.45) is 0 Å². The zero-order valence-electron chi connectivity index (χ0n) is 13.9. The smallest absolute Gasteiger partial charge is 0.261 e. The molecule has 1 aromatic heterocycles. The number of rotatable bonds is 6. The van der Waals surface area contributed by atoms with Crippen LogP contribution in [0.3, 0.4) is 0 Å². The maximum Gasteiger partial charge on any atom is 0.261 e. The number of aromatic nitrogens is 1. The highest BCUT2D eigenvalue weighted by atomic mass is 16.5.